The van der Waals surface area contributed by atoms with Gasteiger partial charge in [-0.3, -0.25) is 0 Å². The van der Waals surface area contributed by atoms with Gasteiger partial charge < -0.3 is 18.9 Å². The van der Waals surface area contributed by atoms with E-state index in [-0.39, 0.29) is 0 Å². The molecule has 5 rings (SSSR count). The molecule has 0 amide bonds. The molecule has 4 aromatic rings. The molecule has 0 spiro atoms. The minimum atomic E-state index is 0.623. The van der Waals surface area contributed by atoms with E-state index in [4.69, 9.17) is 9.47 Å². The van der Waals surface area contributed by atoms with Crippen LogP contribution in [0.15, 0.2) is 78.9 Å². The highest BCUT2D eigenvalue weighted by Gasteiger charge is 2.15. The van der Waals surface area contributed by atoms with Crippen molar-refractivity contribution in [2.75, 3.05) is 44.9 Å². The lowest BCUT2D eigenvalue weighted by molar-refractivity contribution is 0.0673. The number of methoxy groups -OCH3 is 1. The van der Waals surface area contributed by atoms with E-state index in [9.17, 15) is 0 Å². The highest BCUT2D eigenvalue weighted by atomic mass is 16.5. The molecule has 0 bridgehead atoms. The molecule has 0 N–H and O–H groups in total. The van der Waals surface area contributed by atoms with Gasteiger partial charge in [-0.05, 0) is 42.3 Å². The minimum Gasteiger partial charge on any atom is -0.382 e. The summed E-state index contributed by atoms with van der Waals surface area (Å²) < 4.78 is 13.2. The Labute approximate surface area is 201 Å². The van der Waals surface area contributed by atoms with Gasteiger partial charge in [0.2, 0.25) is 0 Å². The van der Waals surface area contributed by atoms with Crippen LogP contribution in [0.4, 0.5) is 5.69 Å². The van der Waals surface area contributed by atoms with Crippen molar-refractivity contribution in [3.05, 3.63) is 90.0 Å². The van der Waals surface area contributed by atoms with Crippen molar-refractivity contribution in [1.29, 1.82) is 0 Å². The Bertz CT molecular complexity index is 1350. The van der Waals surface area contributed by atoms with Gasteiger partial charge >= 0.3 is 0 Å². The van der Waals surface area contributed by atoms with Crippen LogP contribution in [0.5, 0.6) is 0 Å². The van der Waals surface area contributed by atoms with E-state index in [1.54, 1.807) is 7.11 Å². The monoisotopic (exact) mass is 452 g/mol. The summed E-state index contributed by atoms with van der Waals surface area (Å²) in [5, 5.41) is 2.57. The zero-order valence-corrected chi connectivity index (χ0v) is 20.0. The van der Waals surface area contributed by atoms with E-state index in [0.29, 0.717) is 19.8 Å². The number of allylic oxidation sites excluding steroid dienone is 2. The lowest BCUT2D eigenvalue weighted by atomic mass is 9.97. The normalized spacial score (nSPS) is 13.7. The molecule has 2 heterocycles. The lowest BCUT2D eigenvalue weighted by Gasteiger charge is -2.29. The SMILES string of the molecule is CCN1CC=C(C=Cc2ccc3c(c2)c2ccccc2n3CCOCCOC)c2ccccc21. The van der Waals surface area contributed by atoms with E-state index in [1.165, 1.54) is 44.2 Å². The molecule has 0 fully saturated rings. The second-order valence-corrected chi connectivity index (χ2v) is 8.60. The first-order valence-corrected chi connectivity index (χ1v) is 12.1. The maximum atomic E-state index is 5.75. The fourth-order valence-corrected chi connectivity index (χ4v) is 4.87. The number of benzene rings is 3. The number of rotatable bonds is 9. The van der Waals surface area contributed by atoms with Crippen LogP contribution in [-0.2, 0) is 16.0 Å². The highest BCUT2D eigenvalue weighted by molar-refractivity contribution is 6.08. The Morgan fingerprint density at radius 3 is 2.56 bits per heavy atom. The average molecular weight is 453 g/mol. The Morgan fingerprint density at radius 1 is 0.853 bits per heavy atom. The molecule has 1 aliphatic heterocycles. The van der Waals surface area contributed by atoms with Crippen LogP contribution < -0.4 is 4.90 Å². The molecular formula is C30H32N2O2. The summed E-state index contributed by atoms with van der Waals surface area (Å²) in [5.74, 6) is 0. The van der Waals surface area contributed by atoms with Crippen molar-refractivity contribution < 1.29 is 9.47 Å². The predicted molar refractivity (Wildman–Crippen MR) is 143 cm³/mol. The topological polar surface area (TPSA) is 26.6 Å². The number of hydrogen-bond donors (Lipinski definition) is 0. The fourth-order valence-electron chi connectivity index (χ4n) is 4.87. The third kappa shape index (κ3) is 4.39. The third-order valence-electron chi connectivity index (χ3n) is 6.61. The van der Waals surface area contributed by atoms with Gasteiger partial charge in [0.15, 0.2) is 0 Å². The van der Waals surface area contributed by atoms with Gasteiger partial charge in [-0.1, -0.05) is 60.7 Å². The third-order valence-corrected chi connectivity index (χ3v) is 6.61. The number of nitrogens with zero attached hydrogens (tertiary/aromatic N) is 2. The van der Waals surface area contributed by atoms with Crippen molar-refractivity contribution in [2.45, 2.75) is 13.5 Å². The van der Waals surface area contributed by atoms with Crippen molar-refractivity contribution in [1.82, 2.24) is 4.57 Å². The molecule has 174 valence electrons. The van der Waals surface area contributed by atoms with E-state index >= 15 is 0 Å². The van der Waals surface area contributed by atoms with Crippen LogP contribution in [0.2, 0.25) is 0 Å². The van der Waals surface area contributed by atoms with E-state index in [2.05, 4.69) is 101 Å². The fraction of sp³-hybridized carbons (Fsp3) is 0.267. The van der Waals surface area contributed by atoms with Crippen LogP contribution in [0.25, 0.3) is 33.5 Å². The summed E-state index contributed by atoms with van der Waals surface area (Å²) in [6.45, 7) is 6.91. The molecule has 4 heteroatoms. The first-order chi connectivity index (χ1) is 16.8. The smallest absolute Gasteiger partial charge is 0.0701 e. The van der Waals surface area contributed by atoms with Crippen molar-refractivity contribution >= 4 is 39.1 Å². The van der Waals surface area contributed by atoms with Gasteiger partial charge in [-0.2, -0.15) is 0 Å². The predicted octanol–water partition coefficient (Wildman–Crippen LogP) is 6.39. The Morgan fingerprint density at radius 2 is 1.68 bits per heavy atom. The van der Waals surface area contributed by atoms with Gasteiger partial charge in [0.05, 0.1) is 19.8 Å². The molecule has 0 saturated carbocycles. The van der Waals surface area contributed by atoms with Crippen LogP contribution in [0.3, 0.4) is 0 Å². The minimum absolute atomic E-state index is 0.623. The van der Waals surface area contributed by atoms with Gasteiger partial charge in [-0.15, -0.1) is 0 Å². The summed E-state index contributed by atoms with van der Waals surface area (Å²) in [4.78, 5) is 2.41. The molecule has 34 heavy (non-hydrogen) atoms. The van der Waals surface area contributed by atoms with Crippen molar-refractivity contribution in [3.63, 3.8) is 0 Å². The maximum Gasteiger partial charge on any atom is 0.0701 e. The van der Waals surface area contributed by atoms with Crippen molar-refractivity contribution in [2.24, 2.45) is 0 Å². The Balaban J connectivity index is 1.44. The van der Waals surface area contributed by atoms with Gasteiger partial charge in [0.25, 0.3) is 0 Å². The maximum absolute atomic E-state index is 5.75. The van der Waals surface area contributed by atoms with Crippen LogP contribution >= 0.6 is 0 Å². The molecule has 0 unspecified atom stereocenters. The average Bonchev–Trinajstić information content (AvgIpc) is 3.20. The zero-order chi connectivity index (χ0) is 23.3. The number of anilines is 1. The molecule has 0 atom stereocenters. The molecule has 1 aliphatic rings. The first kappa shape index (κ1) is 22.5. The van der Waals surface area contributed by atoms with E-state index < -0.39 is 0 Å². The van der Waals surface area contributed by atoms with Crippen molar-refractivity contribution in [3.8, 4) is 0 Å². The lowest BCUT2D eigenvalue weighted by Crippen LogP contribution is -2.26. The van der Waals surface area contributed by atoms with E-state index in [0.717, 1.165) is 19.6 Å². The highest BCUT2D eigenvalue weighted by Crippen LogP contribution is 2.33. The number of likely N-dealkylation sites (N-methyl/N-ethyl adjacent to an activating group) is 1. The summed E-state index contributed by atoms with van der Waals surface area (Å²) >= 11 is 0. The number of para-hydroxylation sites is 2. The molecule has 0 aliphatic carbocycles. The molecule has 1 aromatic heterocycles. The van der Waals surface area contributed by atoms with E-state index in [1.807, 2.05) is 0 Å². The number of ether oxygens (including phenoxy) is 2. The molecule has 0 radical (unpaired) electrons. The Hall–Kier alpha value is -3.34. The number of aromatic nitrogens is 1. The van der Waals surface area contributed by atoms with Crippen LogP contribution in [0, 0.1) is 0 Å². The van der Waals surface area contributed by atoms with Gasteiger partial charge in [0, 0.05) is 59.8 Å². The number of fused-ring (bicyclic) bond motifs is 4. The van der Waals surface area contributed by atoms with Gasteiger partial charge in [0.1, 0.15) is 0 Å². The summed E-state index contributed by atoms with van der Waals surface area (Å²) in [7, 11) is 1.70. The van der Waals surface area contributed by atoms with Crippen LogP contribution in [-0.4, -0.2) is 44.6 Å². The summed E-state index contributed by atoms with van der Waals surface area (Å²) in [6.07, 6.45) is 6.83. The van der Waals surface area contributed by atoms with Crippen LogP contribution in [0.1, 0.15) is 18.1 Å². The summed E-state index contributed by atoms with van der Waals surface area (Å²) in [5.41, 5.74) is 7.61. The molecule has 4 nitrogen and oxygen atoms in total. The summed E-state index contributed by atoms with van der Waals surface area (Å²) in [6, 6.07) is 24.1. The molecule has 0 saturated heterocycles. The van der Waals surface area contributed by atoms with Gasteiger partial charge in [-0.25, -0.2) is 0 Å². The second kappa shape index (κ2) is 10.3. The largest absolute Gasteiger partial charge is 0.382 e. The Kier molecular flexibility index (Phi) is 6.79. The number of hydrogen-bond acceptors (Lipinski definition) is 3. The standard InChI is InChI=1S/C30H32N2O2/c1-3-31-17-16-24(25-8-4-6-10-28(25)31)14-12-23-13-15-30-27(22-23)26-9-5-7-11-29(26)32(30)18-19-34-21-20-33-2/h4-16,22H,3,17-21H2,1-2H3. The first-order valence-electron chi connectivity index (χ1n) is 12.1. The zero-order valence-electron chi connectivity index (χ0n) is 20.0. The second-order valence-electron chi connectivity index (χ2n) is 8.60. The quantitative estimate of drug-likeness (QED) is 0.275. The molecular weight excluding hydrogens is 420 g/mol. The molecule has 3 aromatic carbocycles.